The molecule has 5 heterocycles. The SMILES string of the molecule is C=Cc1c(C)c2cc3nc(c(CC(=O)O)c4nc(cc5[nH]c(cc1[nH]2)c(C)c5CC)C(C)=C4C(=O)OC)[C@@H](CCC(=O)OC)[C@@H]3C. The summed E-state index contributed by atoms with van der Waals surface area (Å²) in [7, 11) is 2.63. The van der Waals surface area contributed by atoms with Gasteiger partial charge in [0.15, 0.2) is 0 Å². The van der Waals surface area contributed by atoms with E-state index in [1.807, 2.05) is 32.1 Å². The van der Waals surface area contributed by atoms with Crippen molar-refractivity contribution in [2.45, 2.75) is 72.1 Å². The Bertz CT molecular complexity index is 1980. The smallest absolute Gasteiger partial charge is 0.340 e. The summed E-state index contributed by atoms with van der Waals surface area (Å²) in [5.41, 5.74) is 10.7. The van der Waals surface area contributed by atoms with E-state index in [2.05, 4.69) is 36.5 Å². The minimum absolute atomic E-state index is 0.115. The molecule has 0 aliphatic carbocycles. The second-order valence-corrected chi connectivity index (χ2v) is 11.9. The van der Waals surface area contributed by atoms with Gasteiger partial charge >= 0.3 is 17.9 Å². The predicted molar refractivity (Wildman–Crippen MR) is 178 cm³/mol. The highest BCUT2D eigenvalue weighted by Crippen LogP contribution is 2.44. The number of hydrogen-bond acceptors (Lipinski definition) is 7. The first-order chi connectivity index (χ1) is 21.9. The minimum Gasteiger partial charge on any atom is -0.481 e. The van der Waals surface area contributed by atoms with Crippen LogP contribution in [0.15, 0.2) is 24.8 Å². The zero-order chi connectivity index (χ0) is 33.4. The van der Waals surface area contributed by atoms with Crippen LogP contribution in [-0.2, 0) is 36.7 Å². The Morgan fingerprint density at radius 1 is 0.957 bits per heavy atom. The Labute approximate surface area is 267 Å². The van der Waals surface area contributed by atoms with Gasteiger partial charge in [-0.1, -0.05) is 26.5 Å². The normalized spacial score (nSPS) is 16.0. The van der Waals surface area contributed by atoms with Crippen molar-refractivity contribution >= 4 is 57.2 Å². The third-order valence-electron chi connectivity index (χ3n) is 9.34. The van der Waals surface area contributed by atoms with Gasteiger partial charge in [-0.2, -0.15) is 0 Å². The van der Waals surface area contributed by atoms with Crippen LogP contribution in [0.1, 0.15) is 96.0 Å². The highest BCUT2D eigenvalue weighted by atomic mass is 16.5. The number of nitrogens with one attached hydrogen (secondary N) is 2. The fourth-order valence-corrected chi connectivity index (χ4v) is 6.71. The highest BCUT2D eigenvalue weighted by Gasteiger charge is 2.35. The number of carbonyl (C=O) groups is 3. The first-order valence-corrected chi connectivity index (χ1v) is 15.4. The van der Waals surface area contributed by atoms with E-state index in [-0.39, 0.29) is 35.5 Å². The molecule has 2 aliphatic rings. The maximum Gasteiger partial charge on any atom is 0.340 e. The molecule has 0 amide bonds. The molecule has 2 atom stereocenters. The van der Waals surface area contributed by atoms with Crippen LogP contribution < -0.4 is 0 Å². The largest absolute Gasteiger partial charge is 0.481 e. The van der Waals surface area contributed by atoms with Crippen LogP contribution >= 0.6 is 0 Å². The van der Waals surface area contributed by atoms with E-state index in [1.165, 1.54) is 14.2 Å². The first kappa shape index (κ1) is 32.4. The quantitative estimate of drug-likeness (QED) is 0.234. The van der Waals surface area contributed by atoms with Gasteiger partial charge in [-0.05, 0) is 74.1 Å². The zero-order valence-corrected chi connectivity index (χ0v) is 27.4. The van der Waals surface area contributed by atoms with Crippen LogP contribution in [0.5, 0.6) is 0 Å². The molecule has 240 valence electrons. The molecule has 8 bridgehead atoms. The lowest BCUT2D eigenvalue weighted by atomic mass is 9.84. The van der Waals surface area contributed by atoms with E-state index in [9.17, 15) is 19.5 Å². The molecule has 10 heteroatoms. The lowest BCUT2D eigenvalue weighted by molar-refractivity contribution is -0.141. The summed E-state index contributed by atoms with van der Waals surface area (Å²) >= 11 is 0. The Morgan fingerprint density at radius 2 is 1.65 bits per heavy atom. The summed E-state index contributed by atoms with van der Waals surface area (Å²) in [5, 5.41) is 10.1. The number of esters is 2. The number of nitrogens with zero attached hydrogens (tertiary/aromatic N) is 2. The molecule has 0 fully saturated rings. The number of hydrogen-bond donors (Lipinski definition) is 3. The number of H-pyrrole nitrogens is 2. The van der Waals surface area contributed by atoms with Crippen molar-refractivity contribution in [2.75, 3.05) is 14.2 Å². The molecule has 0 spiro atoms. The van der Waals surface area contributed by atoms with Crippen molar-refractivity contribution in [3.8, 4) is 0 Å². The number of rotatable bonds is 8. The molecule has 0 radical (unpaired) electrons. The number of carbonyl (C=O) groups excluding carboxylic acids is 2. The van der Waals surface area contributed by atoms with E-state index >= 15 is 0 Å². The monoisotopic (exact) mass is 624 g/mol. The Morgan fingerprint density at radius 3 is 2.28 bits per heavy atom. The van der Waals surface area contributed by atoms with E-state index < -0.39 is 18.4 Å². The average molecular weight is 625 g/mol. The van der Waals surface area contributed by atoms with E-state index in [0.29, 0.717) is 34.6 Å². The van der Waals surface area contributed by atoms with E-state index in [0.717, 1.165) is 50.7 Å². The standard InChI is InChI=1S/C36H40N4O6/c1-9-21-17(3)25-14-27-19(5)23(11-12-32(43)45-7)34(39-27)24(13-31(41)42)35-33(36(44)46-8)20(6)28(40-35)16-30-22(10-2)18(4)26(38-30)15-29(21)37-25/h9,14-16,19,23,37-38H,1,10-13H2,2-8H3,(H,41,42)/t19-,23-/m0/s1. The molecule has 0 saturated carbocycles. The van der Waals surface area contributed by atoms with Crippen LogP contribution in [0.3, 0.4) is 0 Å². The molecule has 3 N–H and O–H groups in total. The summed E-state index contributed by atoms with van der Waals surface area (Å²) in [6.45, 7) is 14.0. The molecule has 2 aliphatic heterocycles. The minimum atomic E-state index is -1.10. The summed E-state index contributed by atoms with van der Waals surface area (Å²) in [6.07, 6.45) is 2.63. The molecule has 5 rings (SSSR count). The average Bonchev–Trinajstić information content (AvgIpc) is 3.71. The second-order valence-electron chi connectivity index (χ2n) is 11.9. The first-order valence-electron chi connectivity index (χ1n) is 15.4. The van der Waals surface area contributed by atoms with Crippen molar-refractivity contribution in [1.82, 2.24) is 19.9 Å². The van der Waals surface area contributed by atoms with Crippen molar-refractivity contribution in [3.05, 3.63) is 75.4 Å². The Kier molecular flexibility index (Phi) is 9.01. The number of methoxy groups -OCH3 is 2. The van der Waals surface area contributed by atoms with Gasteiger partial charge in [0.25, 0.3) is 0 Å². The number of carboxylic acids is 1. The summed E-state index contributed by atoms with van der Waals surface area (Å²) in [5.74, 6) is -2.62. The molecule has 10 nitrogen and oxygen atoms in total. The van der Waals surface area contributed by atoms with Crippen LogP contribution in [-0.4, -0.2) is 57.2 Å². The van der Waals surface area contributed by atoms with E-state index in [4.69, 9.17) is 19.4 Å². The molecule has 3 aromatic rings. The molecule has 0 unspecified atom stereocenters. The molecule has 46 heavy (non-hydrogen) atoms. The molecular formula is C36H40N4O6. The van der Waals surface area contributed by atoms with Gasteiger partial charge in [-0.15, -0.1) is 0 Å². The van der Waals surface area contributed by atoms with Gasteiger partial charge in [0.05, 0.1) is 43.3 Å². The van der Waals surface area contributed by atoms with Crippen molar-refractivity contribution in [3.63, 3.8) is 0 Å². The van der Waals surface area contributed by atoms with E-state index in [1.54, 1.807) is 6.92 Å². The van der Waals surface area contributed by atoms with Crippen LogP contribution in [0.25, 0.3) is 39.3 Å². The van der Waals surface area contributed by atoms with Crippen molar-refractivity contribution in [1.29, 1.82) is 0 Å². The van der Waals surface area contributed by atoms with Gasteiger partial charge in [0.2, 0.25) is 0 Å². The van der Waals surface area contributed by atoms with Gasteiger partial charge < -0.3 is 24.5 Å². The number of aliphatic carboxylic acids is 1. The summed E-state index contributed by atoms with van der Waals surface area (Å²) < 4.78 is 10.1. The summed E-state index contributed by atoms with van der Waals surface area (Å²) in [6, 6.07) is 5.95. The maximum absolute atomic E-state index is 13.3. The van der Waals surface area contributed by atoms with Gasteiger partial charge in [0.1, 0.15) is 0 Å². The molecule has 3 aromatic heterocycles. The van der Waals surface area contributed by atoms with Crippen molar-refractivity contribution in [2.24, 2.45) is 0 Å². The number of aryl methyl sites for hydroxylation is 3. The fraction of sp³-hybridized carbons (Fsp3) is 0.361. The fourth-order valence-electron chi connectivity index (χ4n) is 6.71. The van der Waals surface area contributed by atoms with Gasteiger partial charge in [-0.3, -0.25) is 14.6 Å². The van der Waals surface area contributed by atoms with Crippen molar-refractivity contribution < 1.29 is 29.0 Å². The van der Waals surface area contributed by atoms with Crippen LogP contribution in [0, 0.1) is 13.8 Å². The number of allylic oxidation sites excluding steroid dienone is 1. The molecule has 0 saturated heterocycles. The third-order valence-corrected chi connectivity index (χ3v) is 9.34. The number of aromatic amines is 2. The van der Waals surface area contributed by atoms with Crippen LogP contribution in [0.4, 0.5) is 0 Å². The molecule has 0 aromatic carbocycles. The topological polar surface area (TPSA) is 147 Å². The number of fused-ring (bicyclic) bond motifs is 8. The Balaban J connectivity index is 2.02. The predicted octanol–water partition coefficient (Wildman–Crippen LogP) is 6.71. The lowest BCUT2D eigenvalue weighted by Gasteiger charge is -2.18. The number of carboxylic acid groups (broad SMARTS) is 1. The van der Waals surface area contributed by atoms with Gasteiger partial charge in [-0.25, -0.2) is 9.78 Å². The summed E-state index contributed by atoms with van der Waals surface area (Å²) in [4.78, 5) is 55.1. The van der Waals surface area contributed by atoms with Gasteiger partial charge in [0, 0.05) is 57.1 Å². The molecular weight excluding hydrogens is 584 g/mol. The third kappa shape index (κ3) is 5.63. The Hall–Kier alpha value is -4.99. The van der Waals surface area contributed by atoms with Crippen LogP contribution in [0.2, 0.25) is 0 Å². The lowest BCUT2D eigenvalue weighted by Crippen LogP contribution is -2.14. The maximum atomic E-state index is 13.3. The number of aromatic nitrogens is 4. The number of ether oxygens (including phenoxy) is 2. The zero-order valence-electron chi connectivity index (χ0n) is 27.4. The highest BCUT2D eigenvalue weighted by molar-refractivity contribution is 6.25. The second kappa shape index (κ2) is 12.8.